The van der Waals surface area contributed by atoms with Crippen LogP contribution in [0.15, 0.2) is 36.5 Å². The van der Waals surface area contributed by atoms with Crippen LogP contribution in [0.4, 0.5) is 14.5 Å². The average Bonchev–Trinajstić information content (AvgIpc) is 2.96. The first-order valence-electron chi connectivity index (χ1n) is 8.83. The van der Waals surface area contributed by atoms with Gasteiger partial charge in [-0.2, -0.15) is 0 Å². The summed E-state index contributed by atoms with van der Waals surface area (Å²) in [6, 6.07) is 10.9. The van der Waals surface area contributed by atoms with Crippen LogP contribution in [0.2, 0.25) is 0 Å². The Hall–Kier alpha value is -1.75. The number of benzene rings is 1. The Morgan fingerprint density at radius 2 is 1.88 bits per heavy atom. The van der Waals surface area contributed by atoms with E-state index in [0.717, 1.165) is 42.3 Å². The van der Waals surface area contributed by atoms with E-state index < -0.39 is 5.92 Å². The quantitative estimate of drug-likeness (QED) is 0.909. The molecule has 0 unspecified atom stereocenters. The number of nitrogens with one attached hydrogen (secondary N) is 1. The lowest BCUT2D eigenvalue weighted by molar-refractivity contribution is 0.00535. The van der Waals surface area contributed by atoms with Crippen molar-refractivity contribution in [1.29, 1.82) is 0 Å². The lowest BCUT2D eigenvalue weighted by Crippen LogP contribution is -2.40. The minimum Gasteiger partial charge on any atom is -0.382 e. The fourth-order valence-electron chi connectivity index (χ4n) is 4.10. The van der Waals surface area contributed by atoms with Gasteiger partial charge in [0.05, 0.1) is 12.1 Å². The van der Waals surface area contributed by atoms with Crippen LogP contribution in [0, 0.1) is 0 Å². The van der Waals surface area contributed by atoms with Gasteiger partial charge in [0.25, 0.3) is 5.92 Å². The largest absolute Gasteiger partial charge is 0.382 e. The van der Waals surface area contributed by atoms with Crippen molar-refractivity contribution < 1.29 is 8.78 Å². The Kier molecular flexibility index (Phi) is 4.12. The number of alkyl halides is 2. The molecule has 0 amide bonds. The molecule has 4 rings (SSSR count). The second-order valence-electron chi connectivity index (χ2n) is 7.10. The van der Waals surface area contributed by atoms with Crippen molar-refractivity contribution in [3.63, 3.8) is 0 Å². The predicted molar refractivity (Wildman–Crippen MR) is 92.5 cm³/mol. The summed E-state index contributed by atoms with van der Waals surface area (Å²) in [5, 5.41) is 4.78. The molecule has 0 bridgehead atoms. The number of rotatable bonds is 3. The number of aromatic nitrogens is 1. The van der Waals surface area contributed by atoms with Crippen LogP contribution in [-0.4, -0.2) is 41.0 Å². The minimum atomic E-state index is -2.48. The lowest BCUT2D eigenvalue weighted by Gasteiger charge is -2.35. The molecule has 1 aliphatic heterocycles. The summed E-state index contributed by atoms with van der Waals surface area (Å²) in [6.07, 6.45) is 5.91. The number of nitrogens with zero attached hydrogens (tertiary/aromatic N) is 2. The molecule has 0 spiro atoms. The van der Waals surface area contributed by atoms with Crippen LogP contribution >= 0.6 is 0 Å². The SMILES string of the molecule is FC1(F)CCN(C2CCC(Nc3ccnc4ccccc34)CC2)C1. The smallest absolute Gasteiger partial charge is 0.261 e. The number of fused-ring (bicyclic) bond motifs is 1. The molecule has 128 valence electrons. The molecule has 0 atom stereocenters. The van der Waals surface area contributed by atoms with E-state index in [2.05, 4.69) is 16.4 Å². The summed E-state index contributed by atoms with van der Waals surface area (Å²) in [4.78, 5) is 6.39. The van der Waals surface area contributed by atoms with Crippen molar-refractivity contribution in [2.75, 3.05) is 18.4 Å². The van der Waals surface area contributed by atoms with Crippen molar-refractivity contribution in [3.05, 3.63) is 36.5 Å². The molecule has 1 saturated heterocycles. The minimum absolute atomic E-state index is 0.0220. The molecule has 5 heteroatoms. The Morgan fingerprint density at radius 3 is 2.62 bits per heavy atom. The molecule has 1 saturated carbocycles. The molecule has 2 heterocycles. The van der Waals surface area contributed by atoms with E-state index >= 15 is 0 Å². The molecule has 0 radical (unpaired) electrons. The van der Waals surface area contributed by atoms with Gasteiger partial charge in [-0.3, -0.25) is 9.88 Å². The molecule has 1 aromatic heterocycles. The number of hydrogen-bond acceptors (Lipinski definition) is 3. The zero-order chi connectivity index (χ0) is 16.6. The second-order valence-corrected chi connectivity index (χ2v) is 7.10. The fraction of sp³-hybridized carbons (Fsp3) is 0.526. The van der Waals surface area contributed by atoms with E-state index in [4.69, 9.17) is 0 Å². The number of likely N-dealkylation sites (tertiary alicyclic amines) is 1. The Labute approximate surface area is 141 Å². The van der Waals surface area contributed by atoms with Crippen molar-refractivity contribution in [3.8, 4) is 0 Å². The molecular formula is C19H23F2N3. The highest BCUT2D eigenvalue weighted by molar-refractivity contribution is 5.90. The maximum atomic E-state index is 13.4. The molecule has 3 nitrogen and oxygen atoms in total. The Balaban J connectivity index is 1.38. The summed E-state index contributed by atoms with van der Waals surface area (Å²) >= 11 is 0. The maximum Gasteiger partial charge on any atom is 0.261 e. The highest BCUT2D eigenvalue weighted by atomic mass is 19.3. The van der Waals surface area contributed by atoms with E-state index in [-0.39, 0.29) is 13.0 Å². The van der Waals surface area contributed by atoms with E-state index in [1.165, 1.54) is 0 Å². The molecule has 24 heavy (non-hydrogen) atoms. The molecule has 1 aromatic carbocycles. The monoisotopic (exact) mass is 331 g/mol. The fourth-order valence-corrected chi connectivity index (χ4v) is 4.10. The first-order valence-corrected chi connectivity index (χ1v) is 8.83. The van der Waals surface area contributed by atoms with E-state index in [0.29, 0.717) is 18.6 Å². The van der Waals surface area contributed by atoms with Crippen molar-refractivity contribution in [2.24, 2.45) is 0 Å². The number of para-hydroxylation sites is 1. The molecule has 1 N–H and O–H groups in total. The second kappa shape index (κ2) is 6.28. The summed E-state index contributed by atoms with van der Waals surface area (Å²) in [5.74, 6) is -2.48. The van der Waals surface area contributed by atoms with Gasteiger partial charge in [0.15, 0.2) is 0 Å². The van der Waals surface area contributed by atoms with E-state index in [1.807, 2.05) is 35.4 Å². The highest BCUT2D eigenvalue weighted by Gasteiger charge is 2.41. The van der Waals surface area contributed by atoms with Crippen LogP contribution in [0.25, 0.3) is 10.9 Å². The molecular weight excluding hydrogens is 308 g/mol. The average molecular weight is 331 g/mol. The van der Waals surface area contributed by atoms with Crippen LogP contribution in [0.3, 0.4) is 0 Å². The maximum absolute atomic E-state index is 13.4. The standard InChI is InChI=1S/C19H23F2N3/c20-19(21)10-12-24(13-19)15-7-5-14(6-8-15)23-18-9-11-22-17-4-2-1-3-16(17)18/h1-4,9,11,14-15H,5-8,10,12-13H2,(H,22,23). The summed E-state index contributed by atoms with van der Waals surface area (Å²) in [7, 11) is 0. The van der Waals surface area contributed by atoms with Crippen LogP contribution in [-0.2, 0) is 0 Å². The first-order chi connectivity index (χ1) is 11.6. The zero-order valence-corrected chi connectivity index (χ0v) is 13.7. The first kappa shape index (κ1) is 15.8. The number of anilines is 1. The highest BCUT2D eigenvalue weighted by Crippen LogP contribution is 2.34. The van der Waals surface area contributed by atoms with Gasteiger partial charge in [-0.05, 0) is 37.8 Å². The van der Waals surface area contributed by atoms with Crippen LogP contribution < -0.4 is 5.32 Å². The van der Waals surface area contributed by atoms with E-state index in [1.54, 1.807) is 0 Å². The molecule has 1 aliphatic carbocycles. The summed E-state index contributed by atoms with van der Waals surface area (Å²) < 4.78 is 26.8. The van der Waals surface area contributed by atoms with Crippen molar-refractivity contribution in [1.82, 2.24) is 9.88 Å². The summed E-state index contributed by atoms with van der Waals surface area (Å²) in [6.45, 7) is 0.496. The third-order valence-corrected chi connectivity index (χ3v) is 5.42. The normalized spacial score (nSPS) is 27.4. The van der Waals surface area contributed by atoms with Gasteiger partial charge in [0.2, 0.25) is 0 Å². The van der Waals surface area contributed by atoms with Gasteiger partial charge in [-0.25, -0.2) is 8.78 Å². The van der Waals surface area contributed by atoms with Gasteiger partial charge in [0.1, 0.15) is 0 Å². The third-order valence-electron chi connectivity index (χ3n) is 5.42. The number of hydrogen-bond donors (Lipinski definition) is 1. The van der Waals surface area contributed by atoms with Gasteiger partial charge < -0.3 is 5.32 Å². The van der Waals surface area contributed by atoms with Gasteiger partial charge in [-0.15, -0.1) is 0 Å². The predicted octanol–water partition coefficient (Wildman–Crippen LogP) is 4.30. The van der Waals surface area contributed by atoms with Crippen molar-refractivity contribution >= 4 is 16.6 Å². The lowest BCUT2D eigenvalue weighted by atomic mass is 9.90. The Morgan fingerprint density at radius 1 is 1.08 bits per heavy atom. The topological polar surface area (TPSA) is 28.2 Å². The van der Waals surface area contributed by atoms with Gasteiger partial charge in [0, 0.05) is 42.3 Å². The van der Waals surface area contributed by atoms with E-state index in [9.17, 15) is 8.78 Å². The summed E-state index contributed by atoms with van der Waals surface area (Å²) in [5.41, 5.74) is 2.12. The number of pyridine rings is 1. The zero-order valence-electron chi connectivity index (χ0n) is 13.7. The molecule has 2 fully saturated rings. The third kappa shape index (κ3) is 3.22. The van der Waals surface area contributed by atoms with Crippen LogP contribution in [0.5, 0.6) is 0 Å². The van der Waals surface area contributed by atoms with Gasteiger partial charge in [-0.1, -0.05) is 18.2 Å². The molecule has 2 aromatic rings. The van der Waals surface area contributed by atoms with Crippen LogP contribution in [0.1, 0.15) is 32.1 Å². The molecule has 2 aliphatic rings. The van der Waals surface area contributed by atoms with Crippen molar-refractivity contribution in [2.45, 2.75) is 50.1 Å². The number of halogens is 2. The Bertz CT molecular complexity index is 705. The van der Waals surface area contributed by atoms with Gasteiger partial charge >= 0.3 is 0 Å².